The van der Waals surface area contributed by atoms with E-state index in [1.165, 1.54) is 17.5 Å². The Morgan fingerprint density at radius 3 is 2.63 bits per heavy atom. The molecule has 1 aliphatic rings. The Bertz CT molecular complexity index is 1080. The second-order valence-electron chi connectivity index (χ2n) is 7.09. The normalized spacial score (nSPS) is 19.0. The molecule has 7 nitrogen and oxygen atoms in total. The molecule has 3 N–H and O–H groups in total. The number of nitrogens with one attached hydrogen (secondary N) is 1. The largest absolute Gasteiger partial charge is 0.365 e. The van der Waals surface area contributed by atoms with E-state index < -0.39 is 17.9 Å². The second kappa shape index (κ2) is 8.37. The Hall–Kier alpha value is -3.04. The van der Waals surface area contributed by atoms with Gasteiger partial charge in [0.2, 0.25) is 11.8 Å². The minimum atomic E-state index is -0.585. The molecule has 2 aromatic heterocycles. The van der Waals surface area contributed by atoms with Crippen molar-refractivity contribution in [3.63, 3.8) is 0 Å². The molecule has 0 radical (unpaired) electrons. The van der Waals surface area contributed by atoms with E-state index in [4.69, 9.17) is 5.73 Å². The van der Waals surface area contributed by atoms with Crippen LogP contribution in [-0.2, 0) is 9.59 Å². The number of hydrogen-bond donors (Lipinski definition) is 2. The first-order valence-electron chi connectivity index (χ1n) is 9.42. The maximum Gasteiger partial charge on any atom is 0.260 e. The molecule has 154 valence electrons. The first-order valence-corrected chi connectivity index (χ1v) is 11.1. The molecule has 2 unspecified atom stereocenters. The van der Waals surface area contributed by atoms with Crippen molar-refractivity contribution in [2.24, 2.45) is 11.7 Å². The molecule has 0 saturated carbocycles. The number of anilines is 2. The highest BCUT2D eigenvalue weighted by Gasteiger charge is 2.42. The van der Waals surface area contributed by atoms with Gasteiger partial charge in [0.15, 0.2) is 5.13 Å². The molecule has 0 spiro atoms. The highest BCUT2D eigenvalue weighted by Crippen LogP contribution is 2.42. The van der Waals surface area contributed by atoms with Gasteiger partial charge < -0.3 is 16.0 Å². The first kappa shape index (κ1) is 20.2. The first-order chi connectivity index (χ1) is 14.4. The smallest absolute Gasteiger partial charge is 0.260 e. The Balaban J connectivity index is 1.67. The van der Waals surface area contributed by atoms with Gasteiger partial charge in [0.1, 0.15) is 4.88 Å². The quantitative estimate of drug-likeness (QED) is 0.630. The topological polar surface area (TPSA) is 105 Å². The Morgan fingerprint density at radius 1 is 1.23 bits per heavy atom. The lowest BCUT2D eigenvalue weighted by Crippen LogP contribution is -2.46. The van der Waals surface area contributed by atoms with E-state index in [1.807, 2.05) is 48.7 Å². The third-order valence-electron chi connectivity index (χ3n) is 5.06. The minimum absolute atomic E-state index is 0.00781. The van der Waals surface area contributed by atoms with Crippen LogP contribution < -0.4 is 16.0 Å². The standard InChI is InChI=1S/C21H20N4O3S2/c1-12-4-6-13(7-5-12)25-17(26)9-8-14(18(25)15-3-2-10-29-15)20(28)24-21-23-11-16(30-21)19(22)27/h2-7,10-11,14,18H,8-9H2,1H3,(H2,22,27)(H,23,24,28). The van der Waals surface area contributed by atoms with Crippen molar-refractivity contribution >= 4 is 51.2 Å². The molecule has 30 heavy (non-hydrogen) atoms. The number of carbonyl (C=O) groups is 3. The zero-order valence-electron chi connectivity index (χ0n) is 16.2. The number of primary amides is 1. The van der Waals surface area contributed by atoms with Crippen LogP contribution in [0.25, 0.3) is 0 Å². The van der Waals surface area contributed by atoms with Gasteiger partial charge >= 0.3 is 0 Å². The number of hydrogen-bond acceptors (Lipinski definition) is 6. The average molecular weight is 441 g/mol. The van der Waals surface area contributed by atoms with Crippen molar-refractivity contribution in [2.45, 2.75) is 25.8 Å². The summed E-state index contributed by atoms with van der Waals surface area (Å²) < 4.78 is 0. The zero-order valence-corrected chi connectivity index (χ0v) is 17.8. The van der Waals surface area contributed by atoms with Gasteiger partial charge in [-0.1, -0.05) is 35.1 Å². The van der Waals surface area contributed by atoms with E-state index in [1.54, 1.807) is 4.90 Å². The fourth-order valence-corrected chi connectivity index (χ4v) is 5.16. The van der Waals surface area contributed by atoms with E-state index in [0.717, 1.165) is 27.5 Å². The summed E-state index contributed by atoms with van der Waals surface area (Å²) in [6, 6.07) is 11.2. The van der Waals surface area contributed by atoms with E-state index in [-0.39, 0.29) is 23.1 Å². The molecular weight excluding hydrogens is 420 g/mol. The molecule has 3 amide bonds. The van der Waals surface area contributed by atoms with Gasteiger partial charge in [-0.3, -0.25) is 14.4 Å². The monoisotopic (exact) mass is 440 g/mol. The molecule has 3 heterocycles. The Morgan fingerprint density at radius 2 is 2.00 bits per heavy atom. The van der Waals surface area contributed by atoms with E-state index >= 15 is 0 Å². The van der Waals surface area contributed by atoms with Gasteiger partial charge in [-0.2, -0.15) is 0 Å². The molecule has 1 aliphatic heterocycles. The molecule has 3 aromatic rings. The van der Waals surface area contributed by atoms with Gasteiger partial charge in [0, 0.05) is 17.0 Å². The number of benzene rings is 1. The summed E-state index contributed by atoms with van der Waals surface area (Å²) in [6.07, 6.45) is 2.06. The van der Waals surface area contributed by atoms with E-state index in [0.29, 0.717) is 11.6 Å². The van der Waals surface area contributed by atoms with Crippen molar-refractivity contribution in [1.29, 1.82) is 0 Å². The van der Waals surface area contributed by atoms with Crippen molar-refractivity contribution in [3.05, 3.63) is 63.3 Å². The van der Waals surface area contributed by atoms with Crippen LogP contribution >= 0.6 is 22.7 Å². The number of amides is 3. The predicted molar refractivity (Wildman–Crippen MR) is 118 cm³/mol. The number of thiophene rings is 1. The Labute approximate surface area is 181 Å². The summed E-state index contributed by atoms with van der Waals surface area (Å²) in [4.78, 5) is 44.5. The van der Waals surface area contributed by atoms with E-state index in [9.17, 15) is 14.4 Å². The number of rotatable bonds is 5. The van der Waals surface area contributed by atoms with Gasteiger partial charge in [-0.25, -0.2) is 4.98 Å². The van der Waals surface area contributed by atoms with Crippen molar-refractivity contribution < 1.29 is 14.4 Å². The summed E-state index contributed by atoms with van der Waals surface area (Å²) >= 11 is 2.56. The number of carbonyl (C=O) groups excluding carboxylic acids is 3. The van der Waals surface area contributed by atoms with Crippen LogP contribution in [0.5, 0.6) is 0 Å². The lowest BCUT2D eigenvalue weighted by atomic mass is 9.86. The minimum Gasteiger partial charge on any atom is -0.365 e. The SMILES string of the molecule is Cc1ccc(N2C(=O)CCC(C(=O)Nc3ncc(C(N)=O)s3)C2c2cccs2)cc1. The van der Waals surface area contributed by atoms with E-state index in [2.05, 4.69) is 10.3 Å². The summed E-state index contributed by atoms with van der Waals surface area (Å²) in [5.41, 5.74) is 7.14. The van der Waals surface area contributed by atoms with Crippen LogP contribution in [0.2, 0.25) is 0 Å². The molecule has 1 aromatic carbocycles. The Kier molecular flexibility index (Phi) is 5.65. The third kappa shape index (κ3) is 3.99. The molecule has 9 heteroatoms. The second-order valence-corrected chi connectivity index (χ2v) is 9.10. The van der Waals surface area contributed by atoms with Crippen LogP contribution in [0.15, 0.2) is 48.0 Å². The number of aromatic nitrogens is 1. The molecule has 0 aliphatic carbocycles. The number of nitrogens with zero attached hydrogens (tertiary/aromatic N) is 2. The van der Waals surface area contributed by atoms with Gasteiger partial charge in [0.25, 0.3) is 5.91 Å². The van der Waals surface area contributed by atoms with Crippen molar-refractivity contribution in [2.75, 3.05) is 10.2 Å². The number of nitrogens with two attached hydrogens (primary N) is 1. The summed E-state index contributed by atoms with van der Waals surface area (Å²) in [5, 5.41) is 5.06. The van der Waals surface area contributed by atoms with Crippen molar-refractivity contribution in [3.8, 4) is 0 Å². The van der Waals surface area contributed by atoms with Crippen LogP contribution in [0.3, 0.4) is 0 Å². The molecule has 4 rings (SSSR count). The summed E-state index contributed by atoms with van der Waals surface area (Å²) in [7, 11) is 0. The van der Waals surface area contributed by atoms with Crippen molar-refractivity contribution in [1.82, 2.24) is 4.98 Å². The lowest BCUT2D eigenvalue weighted by Gasteiger charge is -2.40. The predicted octanol–water partition coefficient (Wildman–Crippen LogP) is 3.73. The number of thiazole rings is 1. The third-order valence-corrected chi connectivity index (χ3v) is 6.93. The molecular formula is C21H20N4O3S2. The van der Waals surface area contributed by atoms with Gasteiger partial charge in [0.05, 0.1) is 18.2 Å². The van der Waals surface area contributed by atoms with Crippen LogP contribution in [0, 0.1) is 12.8 Å². The van der Waals surface area contributed by atoms with Gasteiger partial charge in [-0.05, 0) is 36.9 Å². The van der Waals surface area contributed by atoms with Gasteiger partial charge in [-0.15, -0.1) is 11.3 Å². The van der Waals surface area contributed by atoms with Crippen LogP contribution in [-0.4, -0.2) is 22.7 Å². The maximum absolute atomic E-state index is 13.2. The molecule has 2 atom stereocenters. The van der Waals surface area contributed by atoms with Crippen LogP contribution in [0.1, 0.15) is 39.0 Å². The zero-order chi connectivity index (χ0) is 21.3. The maximum atomic E-state index is 13.2. The lowest BCUT2D eigenvalue weighted by molar-refractivity contribution is -0.125. The fraction of sp³-hybridized carbons (Fsp3) is 0.238. The van der Waals surface area contributed by atoms with Crippen LogP contribution in [0.4, 0.5) is 10.8 Å². The molecule has 1 saturated heterocycles. The molecule has 1 fully saturated rings. The molecule has 0 bridgehead atoms. The summed E-state index contributed by atoms with van der Waals surface area (Å²) in [6.45, 7) is 1.99. The number of piperidine rings is 1. The highest BCUT2D eigenvalue weighted by molar-refractivity contribution is 7.17. The highest BCUT2D eigenvalue weighted by atomic mass is 32.1. The average Bonchev–Trinajstić information content (AvgIpc) is 3.40. The fourth-order valence-electron chi connectivity index (χ4n) is 3.61. The number of aryl methyl sites for hydroxylation is 1. The summed E-state index contributed by atoms with van der Waals surface area (Å²) in [5.74, 6) is -1.28.